The number of hydrogen-bond acceptors (Lipinski definition) is 3. The summed E-state index contributed by atoms with van der Waals surface area (Å²) in [5, 5.41) is 0. The van der Waals surface area contributed by atoms with E-state index in [9.17, 15) is 9.59 Å². The lowest BCUT2D eigenvalue weighted by molar-refractivity contribution is -0.123. The van der Waals surface area contributed by atoms with E-state index in [1.807, 2.05) is 19.9 Å². The number of ketones is 1. The molecule has 1 aromatic carbocycles. The molecule has 2 aromatic rings. The lowest BCUT2D eigenvalue weighted by Crippen LogP contribution is -2.40. The van der Waals surface area contributed by atoms with Gasteiger partial charge in [-0.1, -0.05) is 6.07 Å². The summed E-state index contributed by atoms with van der Waals surface area (Å²) in [7, 11) is 0. The van der Waals surface area contributed by atoms with Crippen molar-refractivity contribution in [1.82, 2.24) is 9.47 Å². The van der Waals surface area contributed by atoms with Crippen LogP contribution in [0, 0.1) is 33.6 Å². The Bertz CT molecular complexity index is 874. The van der Waals surface area contributed by atoms with Gasteiger partial charge in [-0.05, 0) is 83.0 Å². The molecule has 0 unspecified atom stereocenters. The van der Waals surface area contributed by atoms with Crippen LogP contribution in [-0.4, -0.2) is 40.8 Å². The number of piperidine rings is 1. The molecule has 0 spiro atoms. The predicted octanol–water partition coefficient (Wildman–Crippen LogP) is 3.09. The molecule has 3 rings (SSSR count). The Kier molecular flexibility index (Phi) is 5.51. The average Bonchev–Trinajstić information content (AvgIpc) is 2.92. The lowest BCUT2D eigenvalue weighted by Gasteiger charge is -2.29. The number of likely N-dealkylation sites (tertiary alicyclic amines) is 1. The van der Waals surface area contributed by atoms with Gasteiger partial charge < -0.3 is 10.3 Å². The normalized spacial score (nSPS) is 15.9. The highest BCUT2D eigenvalue weighted by Crippen LogP contribution is 2.24. The maximum Gasteiger partial charge on any atom is 0.220 e. The number of nitrogens with zero attached hydrogens (tertiary/aromatic N) is 2. The van der Waals surface area contributed by atoms with Crippen molar-refractivity contribution in [1.29, 1.82) is 0 Å². The molecule has 2 N–H and O–H groups in total. The summed E-state index contributed by atoms with van der Waals surface area (Å²) in [6.07, 6.45) is 1.48. The number of hydrogen-bond donors (Lipinski definition) is 1. The van der Waals surface area contributed by atoms with Crippen LogP contribution < -0.4 is 5.73 Å². The third-order valence-electron chi connectivity index (χ3n) is 5.84. The standard InChI is InChI=1S/C22H29N3O2/c1-14-5-6-19(11-15(14)2)25-16(3)12-20(17(25)4)21(26)13-24-9-7-18(8-10-24)22(23)27/h5-6,11-12,18H,7-10,13H2,1-4H3,(H2,23,27). The van der Waals surface area contributed by atoms with Crippen LogP contribution in [0.4, 0.5) is 0 Å². The highest BCUT2D eigenvalue weighted by atomic mass is 16.1. The number of carbonyl (C=O) groups is 2. The second-order valence-corrected chi connectivity index (χ2v) is 7.76. The van der Waals surface area contributed by atoms with E-state index in [0.29, 0.717) is 6.54 Å². The first-order valence-electron chi connectivity index (χ1n) is 9.59. The van der Waals surface area contributed by atoms with Gasteiger partial charge in [0.05, 0.1) is 6.54 Å². The van der Waals surface area contributed by atoms with Gasteiger partial charge in [-0.15, -0.1) is 0 Å². The number of Topliss-reactive ketones (excluding diaryl/α,β-unsaturated/α-hetero) is 1. The van der Waals surface area contributed by atoms with Gasteiger partial charge in [0, 0.05) is 28.6 Å². The molecule has 1 aliphatic heterocycles. The van der Waals surface area contributed by atoms with Crippen LogP contribution in [0.5, 0.6) is 0 Å². The van der Waals surface area contributed by atoms with Gasteiger partial charge in [0.15, 0.2) is 5.78 Å². The van der Waals surface area contributed by atoms with Crippen molar-refractivity contribution in [2.75, 3.05) is 19.6 Å². The van der Waals surface area contributed by atoms with E-state index >= 15 is 0 Å². The van der Waals surface area contributed by atoms with Crippen molar-refractivity contribution in [2.24, 2.45) is 11.7 Å². The molecule has 0 aliphatic carbocycles. The molecule has 1 fully saturated rings. The van der Waals surface area contributed by atoms with Crippen LogP contribution in [0.2, 0.25) is 0 Å². The molecule has 0 atom stereocenters. The minimum Gasteiger partial charge on any atom is -0.369 e. The number of aromatic nitrogens is 1. The first kappa shape index (κ1) is 19.4. The highest BCUT2D eigenvalue weighted by molar-refractivity contribution is 5.99. The number of nitrogens with two attached hydrogens (primary N) is 1. The third kappa shape index (κ3) is 3.98. The van der Waals surface area contributed by atoms with Gasteiger partial charge in [-0.2, -0.15) is 0 Å². The zero-order valence-corrected chi connectivity index (χ0v) is 16.7. The fraction of sp³-hybridized carbons (Fsp3) is 0.455. The smallest absolute Gasteiger partial charge is 0.220 e. The molecule has 1 aromatic heterocycles. The molecule has 1 amide bonds. The van der Waals surface area contributed by atoms with Crippen molar-refractivity contribution < 1.29 is 9.59 Å². The zero-order chi connectivity index (χ0) is 19.7. The molecule has 144 valence electrons. The Labute approximate surface area is 161 Å². The van der Waals surface area contributed by atoms with Crippen molar-refractivity contribution in [3.8, 4) is 5.69 Å². The molecule has 0 saturated carbocycles. The fourth-order valence-corrected chi connectivity index (χ4v) is 3.97. The first-order valence-corrected chi connectivity index (χ1v) is 9.59. The van der Waals surface area contributed by atoms with Crippen LogP contribution in [0.15, 0.2) is 24.3 Å². The molecular weight excluding hydrogens is 338 g/mol. The minimum atomic E-state index is -0.224. The van der Waals surface area contributed by atoms with Gasteiger partial charge in [0.2, 0.25) is 5.91 Å². The molecule has 0 radical (unpaired) electrons. The first-order chi connectivity index (χ1) is 12.8. The Morgan fingerprint density at radius 2 is 1.70 bits per heavy atom. The molecule has 1 aliphatic rings. The highest BCUT2D eigenvalue weighted by Gasteiger charge is 2.25. The Morgan fingerprint density at radius 3 is 2.30 bits per heavy atom. The molecule has 5 heteroatoms. The molecule has 1 saturated heterocycles. The SMILES string of the molecule is Cc1ccc(-n2c(C)cc(C(=O)CN3CCC(C(N)=O)CC3)c2C)cc1C. The Balaban J connectivity index is 1.77. The maximum atomic E-state index is 12.9. The number of benzene rings is 1. The van der Waals surface area contributed by atoms with E-state index in [0.717, 1.165) is 48.6 Å². The topological polar surface area (TPSA) is 68.3 Å². The van der Waals surface area contributed by atoms with Crippen LogP contribution in [0.25, 0.3) is 5.69 Å². The summed E-state index contributed by atoms with van der Waals surface area (Å²) in [6.45, 7) is 10.1. The predicted molar refractivity (Wildman–Crippen MR) is 107 cm³/mol. The Hall–Kier alpha value is -2.40. The number of rotatable bonds is 5. The van der Waals surface area contributed by atoms with Gasteiger partial charge in [-0.25, -0.2) is 0 Å². The summed E-state index contributed by atoms with van der Waals surface area (Å²) in [5.41, 5.74) is 11.8. The van der Waals surface area contributed by atoms with Gasteiger partial charge in [-0.3, -0.25) is 14.5 Å². The summed E-state index contributed by atoms with van der Waals surface area (Å²) in [6, 6.07) is 8.38. The average molecular weight is 367 g/mol. The van der Waals surface area contributed by atoms with E-state index < -0.39 is 0 Å². The molecule has 0 bridgehead atoms. The van der Waals surface area contributed by atoms with E-state index in [4.69, 9.17) is 5.73 Å². The lowest BCUT2D eigenvalue weighted by atomic mass is 9.96. The van der Waals surface area contributed by atoms with Crippen molar-refractivity contribution in [3.05, 3.63) is 52.3 Å². The van der Waals surface area contributed by atoms with Gasteiger partial charge >= 0.3 is 0 Å². The monoisotopic (exact) mass is 367 g/mol. The van der Waals surface area contributed by atoms with Crippen LogP contribution in [-0.2, 0) is 4.79 Å². The molecule has 27 heavy (non-hydrogen) atoms. The Morgan fingerprint density at radius 1 is 1.04 bits per heavy atom. The summed E-state index contributed by atoms with van der Waals surface area (Å²) in [4.78, 5) is 26.4. The van der Waals surface area contributed by atoms with Crippen molar-refractivity contribution in [2.45, 2.75) is 40.5 Å². The van der Waals surface area contributed by atoms with Gasteiger partial charge in [0.1, 0.15) is 0 Å². The summed E-state index contributed by atoms with van der Waals surface area (Å²) >= 11 is 0. The van der Waals surface area contributed by atoms with E-state index in [2.05, 4.69) is 41.5 Å². The molecule has 2 heterocycles. The van der Waals surface area contributed by atoms with Gasteiger partial charge in [0.25, 0.3) is 0 Å². The quantitative estimate of drug-likeness (QED) is 0.826. The third-order valence-corrected chi connectivity index (χ3v) is 5.84. The summed E-state index contributed by atoms with van der Waals surface area (Å²) in [5.74, 6) is -0.139. The fourth-order valence-electron chi connectivity index (χ4n) is 3.97. The largest absolute Gasteiger partial charge is 0.369 e. The molecule has 5 nitrogen and oxygen atoms in total. The van der Waals surface area contributed by atoms with E-state index in [1.165, 1.54) is 11.1 Å². The second-order valence-electron chi connectivity index (χ2n) is 7.76. The molecular formula is C22H29N3O2. The zero-order valence-electron chi connectivity index (χ0n) is 16.7. The van der Waals surface area contributed by atoms with Crippen molar-refractivity contribution >= 4 is 11.7 Å². The number of primary amides is 1. The number of aryl methyl sites for hydroxylation is 3. The van der Waals surface area contributed by atoms with Crippen LogP contribution in [0.3, 0.4) is 0 Å². The number of carbonyl (C=O) groups excluding carboxylic acids is 2. The van der Waals surface area contributed by atoms with Crippen LogP contribution >= 0.6 is 0 Å². The van der Waals surface area contributed by atoms with E-state index in [1.54, 1.807) is 0 Å². The number of amides is 1. The summed E-state index contributed by atoms with van der Waals surface area (Å²) < 4.78 is 2.15. The second kappa shape index (κ2) is 7.69. The maximum absolute atomic E-state index is 12.9. The minimum absolute atomic E-state index is 0.0498. The van der Waals surface area contributed by atoms with Crippen molar-refractivity contribution in [3.63, 3.8) is 0 Å². The van der Waals surface area contributed by atoms with E-state index in [-0.39, 0.29) is 17.6 Å². The van der Waals surface area contributed by atoms with Crippen LogP contribution in [0.1, 0.15) is 45.7 Å².